The Morgan fingerprint density at radius 3 is 2.52 bits per heavy atom. The molecule has 6 nitrogen and oxygen atoms in total. The first kappa shape index (κ1) is 20.6. The number of hydrogen-bond donors (Lipinski definition) is 1. The van der Waals surface area contributed by atoms with Crippen molar-refractivity contribution in [3.05, 3.63) is 59.9 Å². The summed E-state index contributed by atoms with van der Waals surface area (Å²) in [6.45, 7) is 6.73. The van der Waals surface area contributed by atoms with Gasteiger partial charge in [-0.1, -0.05) is 44.2 Å². The van der Waals surface area contributed by atoms with E-state index in [9.17, 15) is 9.59 Å². The van der Waals surface area contributed by atoms with E-state index in [0.717, 1.165) is 41.0 Å². The summed E-state index contributed by atoms with van der Waals surface area (Å²) in [6, 6.07) is 15.4. The molecule has 0 aliphatic heterocycles. The van der Waals surface area contributed by atoms with Crippen molar-refractivity contribution in [3.63, 3.8) is 0 Å². The van der Waals surface area contributed by atoms with Gasteiger partial charge in [0.2, 0.25) is 11.8 Å². The fraction of sp³-hybridized carbons (Fsp3) is 0.348. The molecule has 0 spiro atoms. The molecule has 1 aromatic heterocycles. The molecule has 0 saturated carbocycles. The van der Waals surface area contributed by atoms with E-state index in [2.05, 4.69) is 10.3 Å². The molecule has 0 unspecified atom stereocenters. The maximum atomic E-state index is 13.1. The fourth-order valence-electron chi connectivity index (χ4n) is 3.45. The standard InChI is InChI=1S/C23H28N4O2/c1-4-14-26(15-22(28)25-18-11-7-6-10-17(18)3)23(29)16-27-20-13-9-8-12-19(20)24-21(27)5-2/h6-13H,4-5,14-16H2,1-3H3,(H,25,28). The summed E-state index contributed by atoms with van der Waals surface area (Å²) in [4.78, 5) is 31.9. The SMILES string of the molecule is CCCN(CC(=O)Nc1ccccc1C)C(=O)Cn1c(CC)nc2ccccc21. The summed E-state index contributed by atoms with van der Waals surface area (Å²) >= 11 is 0. The molecule has 2 amide bonds. The Labute approximate surface area is 171 Å². The van der Waals surface area contributed by atoms with Crippen molar-refractivity contribution >= 4 is 28.5 Å². The minimum atomic E-state index is -0.188. The number of imidazole rings is 1. The molecule has 3 aromatic rings. The maximum absolute atomic E-state index is 13.1. The number of aryl methyl sites for hydroxylation is 2. The van der Waals surface area contributed by atoms with Gasteiger partial charge < -0.3 is 14.8 Å². The van der Waals surface area contributed by atoms with Gasteiger partial charge in [0.25, 0.3) is 0 Å². The van der Waals surface area contributed by atoms with Crippen molar-refractivity contribution < 1.29 is 9.59 Å². The van der Waals surface area contributed by atoms with E-state index < -0.39 is 0 Å². The van der Waals surface area contributed by atoms with E-state index in [1.54, 1.807) is 4.90 Å². The van der Waals surface area contributed by atoms with Crippen LogP contribution in [0, 0.1) is 6.92 Å². The van der Waals surface area contributed by atoms with Crippen LogP contribution in [0.25, 0.3) is 11.0 Å². The van der Waals surface area contributed by atoms with Gasteiger partial charge >= 0.3 is 0 Å². The molecule has 0 saturated heterocycles. The third-order valence-electron chi connectivity index (χ3n) is 4.94. The van der Waals surface area contributed by atoms with Crippen LogP contribution in [0.5, 0.6) is 0 Å². The van der Waals surface area contributed by atoms with E-state index in [-0.39, 0.29) is 24.9 Å². The van der Waals surface area contributed by atoms with Crippen LogP contribution >= 0.6 is 0 Å². The Bertz CT molecular complexity index is 1010. The van der Waals surface area contributed by atoms with Crippen LogP contribution < -0.4 is 5.32 Å². The molecule has 6 heteroatoms. The van der Waals surface area contributed by atoms with E-state index in [4.69, 9.17) is 0 Å². The van der Waals surface area contributed by atoms with Crippen LogP contribution in [0.1, 0.15) is 31.7 Å². The molecule has 2 aromatic carbocycles. The van der Waals surface area contributed by atoms with Crippen LogP contribution in [-0.2, 0) is 22.6 Å². The average Bonchev–Trinajstić information content (AvgIpc) is 3.07. The average molecular weight is 393 g/mol. The molecule has 0 bridgehead atoms. The molecule has 0 radical (unpaired) electrons. The lowest BCUT2D eigenvalue weighted by molar-refractivity contribution is -0.135. The van der Waals surface area contributed by atoms with Crippen molar-refractivity contribution in [3.8, 4) is 0 Å². The Balaban J connectivity index is 1.75. The molecule has 3 rings (SSSR count). The predicted octanol–water partition coefficient (Wildman–Crippen LogP) is 3.78. The van der Waals surface area contributed by atoms with Crippen molar-refractivity contribution in [1.29, 1.82) is 0 Å². The van der Waals surface area contributed by atoms with Crippen LogP contribution in [0.3, 0.4) is 0 Å². The van der Waals surface area contributed by atoms with Crippen LogP contribution in [0.4, 0.5) is 5.69 Å². The summed E-state index contributed by atoms with van der Waals surface area (Å²) in [7, 11) is 0. The van der Waals surface area contributed by atoms with E-state index >= 15 is 0 Å². The Hall–Kier alpha value is -3.15. The molecule has 0 fully saturated rings. The first-order valence-corrected chi connectivity index (χ1v) is 10.1. The highest BCUT2D eigenvalue weighted by molar-refractivity contribution is 5.95. The molecule has 29 heavy (non-hydrogen) atoms. The third kappa shape index (κ3) is 4.83. The number of carbonyl (C=O) groups is 2. The lowest BCUT2D eigenvalue weighted by Gasteiger charge is -2.23. The maximum Gasteiger partial charge on any atom is 0.244 e. The number of benzene rings is 2. The van der Waals surface area contributed by atoms with Gasteiger partial charge in [0.15, 0.2) is 0 Å². The second-order valence-corrected chi connectivity index (χ2v) is 7.13. The van der Waals surface area contributed by atoms with E-state index in [1.807, 2.05) is 73.9 Å². The minimum absolute atomic E-state index is 0.0368. The highest BCUT2D eigenvalue weighted by Gasteiger charge is 2.20. The van der Waals surface area contributed by atoms with Gasteiger partial charge in [0, 0.05) is 18.7 Å². The van der Waals surface area contributed by atoms with Crippen LogP contribution in [-0.4, -0.2) is 39.4 Å². The monoisotopic (exact) mass is 392 g/mol. The Morgan fingerprint density at radius 2 is 1.79 bits per heavy atom. The lowest BCUT2D eigenvalue weighted by atomic mass is 10.2. The molecule has 0 atom stereocenters. The van der Waals surface area contributed by atoms with Gasteiger partial charge in [0.05, 0.1) is 17.6 Å². The zero-order valence-corrected chi connectivity index (χ0v) is 17.3. The van der Waals surface area contributed by atoms with Crippen molar-refractivity contribution in [2.24, 2.45) is 0 Å². The van der Waals surface area contributed by atoms with Gasteiger partial charge in [-0.15, -0.1) is 0 Å². The molecular weight excluding hydrogens is 364 g/mol. The summed E-state index contributed by atoms with van der Waals surface area (Å²) in [6.07, 6.45) is 1.53. The normalized spacial score (nSPS) is 10.9. The second-order valence-electron chi connectivity index (χ2n) is 7.13. The van der Waals surface area contributed by atoms with Crippen LogP contribution in [0.15, 0.2) is 48.5 Å². The number of para-hydroxylation sites is 3. The summed E-state index contributed by atoms with van der Waals surface area (Å²) in [5.41, 5.74) is 3.59. The number of amides is 2. The van der Waals surface area contributed by atoms with Crippen molar-refractivity contribution in [1.82, 2.24) is 14.5 Å². The van der Waals surface area contributed by atoms with Gasteiger partial charge in [-0.25, -0.2) is 4.98 Å². The zero-order chi connectivity index (χ0) is 20.8. The zero-order valence-electron chi connectivity index (χ0n) is 17.3. The molecule has 1 heterocycles. The molecular formula is C23H28N4O2. The Morgan fingerprint density at radius 1 is 1.07 bits per heavy atom. The number of fused-ring (bicyclic) bond motifs is 1. The largest absolute Gasteiger partial charge is 0.332 e. The molecule has 0 aliphatic rings. The third-order valence-corrected chi connectivity index (χ3v) is 4.94. The molecule has 1 N–H and O–H groups in total. The number of rotatable bonds is 8. The van der Waals surface area contributed by atoms with Crippen molar-refractivity contribution in [2.75, 3.05) is 18.4 Å². The predicted molar refractivity (Wildman–Crippen MR) is 116 cm³/mol. The lowest BCUT2D eigenvalue weighted by Crippen LogP contribution is -2.40. The number of nitrogens with one attached hydrogen (secondary N) is 1. The minimum Gasteiger partial charge on any atom is -0.332 e. The van der Waals surface area contributed by atoms with Gasteiger partial charge in [0.1, 0.15) is 12.4 Å². The topological polar surface area (TPSA) is 67.2 Å². The first-order valence-electron chi connectivity index (χ1n) is 10.1. The van der Waals surface area contributed by atoms with Crippen LogP contribution in [0.2, 0.25) is 0 Å². The fourth-order valence-corrected chi connectivity index (χ4v) is 3.45. The summed E-state index contributed by atoms with van der Waals surface area (Å²) < 4.78 is 1.96. The van der Waals surface area contributed by atoms with Gasteiger partial charge in [-0.3, -0.25) is 9.59 Å². The van der Waals surface area contributed by atoms with E-state index in [1.165, 1.54) is 0 Å². The highest BCUT2D eigenvalue weighted by Crippen LogP contribution is 2.17. The smallest absolute Gasteiger partial charge is 0.244 e. The first-order chi connectivity index (χ1) is 14.0. The highest BCUT2D eigenvalue weighted by atomic mass is 16.2. The second kappa shape index (κ2) is 9.37. The number of aromatic nitrogens is 2. The number of hydrogen-bond acceptors (Lipinski definition) is 3. The number of nitrogens with zero attached hydrogens (tertiary/aromatic N) is 3. The summed E-state index contributed by atoms with van der Waals surface area (Å²) in [5.74, 6) is 0.609. The summed E-state index contributed by atoms with van der Waals surface area (Å²) in [5, 5.41) is 2.91. The van der Waals surface area contributed by atoms with Gasteiger partial charge in [-0.2, -0.15) is 0 Å². The molecule has 0 aliphatic carbocycles. The Kier molecular flexibility index (Phi) is 6.65. The van der Waals surface area contributed by atoms with Crippen molar-refractivity contribution in [2.45, 2.75) is 40.2 Å². The quantitative estimate of drug-likeness (QED) is 0.634. The molecule has 152 valence electrons. The number of carbonyl (C=O) groups excluding carboxylic acids is 2. The number of anilines is 1. The van der Waals surface area contributed by atoms with Gasteiger partial charge in [-0.05, 0) is 37.1 Å². The van der Waals surface area contributed by atoms with E-state index in [0.29, 0.717) is 6.54 Å².